The lowest BCUT2D eigenvalue weighted by Crippen LogP contribution is -2.34. The van der Waals surface area contributed by atoms with Crippen LogP contribution in [0.4, 0.5) is 0 Å². The molecule has 2 rings (SSSR count). The molecule has 0 saturated carbocycles. The fourth-order valence-electron chi connectivity index (χ4n) is 3.46. The van der Waals surface area contributed by atoms with E-state index in [1.807, 2.05) is 13.8 Å². The minimum Gasteiger partial charge on any atom is -0.461 e. The molecule has 1 aliphatic heterocycles. The second-order valence-electron chi connectivity index (χ2n) is 7.79. The monoisotopic (exact) mass is 404 g/mol. The summed E-state index contributed by atoms with van der Waals surface area (Å²) in [5.74, 6) is -1.89. The van der Waals surface area contributed by atoms with Crippen molar-refractivity contribution in [3.63, 3.8) is 0 Å². The molecular weight excluding hydrogens is 376 g/mol. The van der Waals surface area contributed by atoms with E-state index in [2.05, 4.69) is 6.58 Å². The average molecular weight is 404 g/mol. The van der Waals surface area contributed by atoms with Gasteiger partial charge in [-0.2, -0.15) is 0 Å². The van der Waals surface area contributed by atoms with E-state index >= 15 is 0 Å². The molecule has 0 bridgehead atoms. The Morgan fingerprint density at radius 3 is 2.72 bits per heavy atom. The first-order valence-corrected chi connectivity index (χ1v) is 9.77. The lowest BCUT2D eigenvalue weighted by molar-refractivity contribution is -0.153. The number of rotatable bonds is 6. The Morgan fingerprint density at radius 1 is 1.38 bits per heavy atom. The Bertz CT molecular complexity index is 744. The molecule has 0 unspecified atom stereocenters. The van der Waals surface area contributed by atoms with Crippen molar-refractivity contribution < 1.29 is 33.4 Å². The average Bonchev–Trinajstić information content (AvgIpc) is 2.90. The minimum absolute atomic E-state index is 0.0602. The van der Waals surface area contributed by atoms with Crippen LogP contribution in [0.1, 0.15) is 46.5 Å². The van der Waals surface area contributed by atoms with Crippen LogP contribution in [-0.4, -0.2) is 43.0 Å². The highest BCUT2D eigenvalue weighted by atomic mass is 16.6. The molecule has 29 heavy (non-hydrogen) atoms. The highest BCUT2D eigenvalue weighted by Gasteiger charge is 2.44. The summed E-state index contributed by atoms with van der Waals surface area (Å²) < 4.78 is 16.2. The van der Waals surface area contributed by atoms with Gasteiger partial charge in [0, 0.05) is 25.3 Å². The molecule has 0 N–H and O–H groups in total. The van der Waals surface area contributed by atoms with Gasteiger partial charge in [-0.25, -0.2) is 4.79 Å². The van der Waals surface area contributed by atoms with Crippen molar-refractivity contribution in [2.24, 2.45) is 11.8 Å². The number of aldehydes is 1. The van der Waals surface area contributed by atoms with E-state index in [4.69, 9.17) is 14.2 Å². The van der Waals surface area contributed by atoms with Gasteiger partial charge in [0.15, 0.2) is 0 Å². The number of carbonyl (C=O) groups is 4. The fourth-order valence-corrected chi connectivity index (χ4v) is 3.46. The van der Waals surface area contributed by atoms with Crippen LogP contribution in [-0.2, 0) is 33.4 Å². The number of hydrogen-bond acceptors (Lipinski definition) is 7. The van der Waals surface area contributed by atoms with E-state index in [1.165, 1.54) is 6.92 Å². The van der Waals surface area contributed by atoms with Crippen LogP contribution in [0.15, 0.2) is 35.5 Å². The summed E-state index contributed by atoms with van der Waals surface area (Å²) in [4.78, 5) is 47.3. The molecule has 0 aromatic carbocycles. The molecule has 0 amide bonds. The molecule has 1 fully saturated rings. The van der Waals surface area contributed by atoms with E-state index < -0.39 is 36.0 Å². The summed E-state index contributed by atoms with van der Waals surface area (Å²) >= 11 is 0. The van der Waals surface area contributed by atoms with Crippen LogP contribution in [0.3, 0.4) is 0 Å². The van der Waals surface area contributed by atoms with Gasteiger partial charge < -0.3 is 14.2 Å². The molecule has 0 aromatic rings. The maximum atomic E-state index is 12.3. The second kappa shape index (κ2) is 10.2. The SMILES string of the molecule is C=C1C(=O)O[C@@H]2/C=C(\COC(C)=O)CCC=C(C=O)C[C@H](OC(=O)CC(C)C)[C@@H]12. The van der Waals surface area contributed by atoms with E-state index in [-0.39, 0.29) is 30.9 Å². The van der Waals surface area contributed by atoms with Gasteiger partial charge >= 0.3 is 17.9 Å². The van der Waals surface area contributed by atoms with Crippen molar-refractivity contribution >= 4 is 24.2 Å². The number of carbonyl (C=O) groups excluding carboxylic acids is 4. The molecule has 3 atom stereocenters. The number of ether oxygens (including phenoxy) is 3. The smallest absolute Gasteiger partial charge is 0.334 e. The largest absolute Gasteiger partial charge is 0.461 e. The maximum Gasteiger partial charge on any atom is 0.334 e. The summed E-state index contributed by atoms with van der Waals surface area (Å²) in [7, 11) is 0. The van der Waals surface area contributed by atoms with Crippen LogP contribution in [0, 0.1) is 11.8 Å². The first-order chi connectivity index (χ1) is 13.7. The zero-order valence-corrected chi connectivity index (χ0v) is 17.1. The molecule has 158 valence electrons. The quantitative estimate of drug-likeness (QED) is 0.221. The fraction of sp³-hybridized carbons (Fsp3) is 0.545. The van der Waals surface area contributed by atoms with Gasteiger partial charge in [-0.3, -0.25) is 14.4 Å². The molecule has 0 aromatic heterocycles. The normalized spacial score (nSPS) is 26.6. The second-order valence-corrected chi connectivity index (χ2v) is 7.79. The summed E-state index contributed by atoms with van der Waals surface area (Å²) in [6.45, 7) is 9.01. The summed E-state index contributed by atoms with van der Waals surface area (Å²) in [6.07, 6.45) is 4.27. The lowest BCUT2D eigenvalue weighted by atomic mass is 9.85. The van der Waals surface area contributed by atoms with Crippen molar-refractivity contribution in [1.29, 1.82) is 0 Å². The van der Waals surface area contributed by atoms with Crippen LogP contribution in [0.25, 0.3) is 0 Å². The van der Waals surface area contributed by atoms with Gasteiger partial charge in [-0.1, -0.05) is 26.5 Å². The van der Waals surface area contributed by atoms with Crippen molar-refractivity contribution in [1.82, 2.24) is 0 Å². The van der Waals surface area contributed by atoms with Crippen molar-refractivity contribution in [2.45, 2.75) is 58.7 Å². The Balaban J connectivity index is 2.38. The molecule has 0 radical (unpaired) electrons. The van der Waals surface area contributed by atoms with Crippen molar-refractivity contribution in [3.05, 3.63) is 35.5 Å². The third-order valence-electron chi connectivity index (χ3n) is 4.84. The van der Waals surface area contributed by atoms with E-state index in [1.54, 1.807) is 12.2 Å². The Hall–Kier alpha value is -2.70. The molecule has 1 saturated heterocycles. The molecule has 1 heterocycles. The molecule has 2 aliphatic rings. The van der Waals surface area contributed by atoms with Gasteiger partial charge in [0.25, 0.3) is 0 Å². The minimum atomic E-state index is -0.758. The van der Waals surface area contributed by atoms with Gasteiger partial charge in [-0.05, 0) is 36.0 Å². The molecule has 7 heteroatoms. The van der Waals surface area contributed by atoms with Crippen molar-refractivity contribution in [2.75, 3.05) is 6.61 Å². The molecule has 7 nitrogen and oxygen atoms in total. The van der Waals surface area contributed by atoms with Crippen LogP contribution < -0.4 is 0 Å². The summed E-state index contributed by atoms with van der Waals surface area (Å²) in [5.41, 5.74) is 1.44. The number of esters is 3. The Morgan fingerprint density at radius 2 is 2.10 bits per heavy atom. The first kappa shape index (κ1) is 22.6. The third kappa shape index (κ3) is 6.41. The first-order valence-electron chi connectivity index (χ1n) is 9.77. The zero-order valence-electron chi connectivity index (χ0n) is 17.1. The lowest BCUT2D eigenvalue weighted by Gasteiger charge is -2.27. The molecular formula is C22H28O7. The van der Waals surface area contributed by atoms with Crippen LogP contribution >= 0.6 is 0 Å². The topological polar surface area (TPSA) is 96.0 Å². The van der Waals surface area contributed by atoms with Crippen LogP contribution in [0.2, 0.25) is 0 Å². The number of hydrogen-bond donors (Lipinski definition) is 0. The van der Waals surface area contributed by atoms with Gasteiger partial charge in [0.2, 0.25) is 0 Å². The highest BCUT2D eigenvalue weighted by Crippen LogP contribution is 2.36. The number of fused-ring (bicyclic) bond motifs is 1. The maximum absolute atomic E-state index is 12.3. The molecule has 0 spiro atoms. The van der Waals surface area contributed by atoms with Crippen molar-refractivity contribution in [3.8, 4) is 0 Å². The van der Waals surface area contributed by atoms with Gasteiger partial charge in [0.05, 0.1) is 5.92 Å². The highest BCUT2D eigenvalue weighted by molar-refractivity contribution is 5.91. The van der Waals surface area contributed by atoms with Gasteiger partial charge in [0.1, 0.15) is 25.1 Å². The van der Waals surface area contributed by atoms with Gasteiger partial charge in [-0.15, -0.1) is 0 Å². The summed E-state index contributed by atoms with van der Waals surface area (Å²) in [6, 6.07) is 0. The van der Waals surface area contributed by atoms with E-state index in [0.717, 1.165) is 11.9 Å². The predicted octanol–water partition coefficient (Wildman–Crippen LogP) is 2.84. The summed E-state index contributed by atoms with van der Waals surface area (Å²) in [5, 5.41) is 0. The van der Waals surface area contributed by atoms with Crippen LogP contribution in [0.5, 0.6) is 0 Å². The van der Waals surface area contributed by atoms with E-state index in [9.17, 15) is 19.2 Å². The Kier molecular flexibility index (Phi) is 7.93. The molecule has 1 aliphatic carbocycles. The zero-order chi connectivity index (χ0) is 21.6. The standard InChI is InChI=1S/C22H28O7/c1-13(2)8-20(25)28-18-9-16(11-23)6-5-7-17(12-27-15(4)24)10-19-21(18)14(3)22(26)29-19/h6,10-11,13,18-19,21H,3,5,7-9,12H2,1-2,4H3/b16-6?,17-10-/t18-,19+,21+/m0/s1. The third-order valence-corrected chi connectivity index (χ3v) is 4.84. The Labute approximate surface area is 170 Å². The number of allylic oxidation sites excluding steroid dienone is 1. The predicted molar refractivity (Wildman–Crippen MR) is 105 cm³/mol. The van der Waals surface area contributed by atoms with E-state index in [0.29, 0.717) is 18.4 Å².